The second-order valence-electron chi connectivity index (χ2n) is 7.69. The normalized spacial score (nSPS) is 16.3. The molecule has 1 aliphatic heterocycles. The second kappa shape index (κ2) is 9.92. The number of methoxy groups -OCH3 is 1. The van der Waals surface area contributed by atoms with E-state index in [1.54, 1.807) is 30.3 Å². The molecule has 1 heterocycles. The lowest BCUT2D eigenvalue weighted by Gasteiger charge is -2.36. The Bertz CT molecular complexity index is 922. The molecule has 1 atom stereocenters. The van der Waals surface area contributed by atoms with Gasteiger partial charge in [-0.25, -0.2) is 9.18 Å². The monoisotopic (exact) mass is 429 g/mol. The molecule has 0 unspecified atom stereocenters. The zero-order chi connectivity index (χ0) is 22.4. The Morgan fingerprint density at radius 1 is 1.16 bits per heavy atom. The summed E-state index contributed by atoms with van der Waals surface area (Å²) < 4.78 is 29.6. The maximum atomic E-state index is 13.5. The molecule has 1 fully saturated rings. The van der Waals surface area contributed by atoms with Crippen molar-refractivity contribution < 1.29 is 28.2 Å². The Balaban J connectivity index is 1.91. The average molecular weight is 429 g/mol. The summed E-state index contributed by atoms with van der Waals surface area (Å²) in [6.07, 6.45) is 1.65. The van der Waals surface area contributed by atoms with E-state index in [9.17, 15) is 14.0 Å². The zero-order valence-corrected chi connectivity index (χ0v) is 18.1. The highest BCUT2D eigenvalue weighted by molar-refractivity contribution is 6.01. The molecule has 6 nitrogen and oxygen atoms in total. The first-order valence-corrected chi connectivity index (χ1v) is 10.4. The van der Waals surface area contributed by atoms with Gasteiger partial charge >= 0.3 is 5.97 Å². The molecule has 0 aliphatic carbocycles. The Kier molecular flexibility index (Phi) is 7.28. The van der Waals surface area contributed by atoms with Crippen LogP contribution < -0.4 is 10.1 Å². The van der Waals surface area contributed by atoms with Crippen LogP contribution in [0.25, 0.3) is 0 Å². The standard InChI is InChI=1S/C24H28FNO5/c1-4-16(2)31-21-10-9-19(15-20(21)22(27)29-3)26-23(28)24(11-13-30-14-12-24)17-5-7-18(25)8-6-17/h5-10,15-16H,4,11-14H2,1-3H3,(H,26,28)/t16-/m0/s1. The fourth-order valence-corrected chi connectivity index (χ4v) is 3.67. The van der Waals surface area contributed by atoms with Crippen LogP contribution in [0.3, 0.4) is 0 Å². The molecule has 0 saturated carbocycles. The van der Waals surface area contributed by atoms with E-state index in [4.69, 9.17) is 14.2 Å². The SMILES string of the molecule is CC[C@H](C)Oc1ccc(NC(=O)C2(c3ccc(F)cc3)CCOCC2)cc1C(=O)OC. The summed E-state index contributed by atoms with van der Waals surface area (Å²) in [6.45, 7) is 4.76. The number of carbonyl (C=O) groups is 2. The Hall–Kier alpha value is -2.93. The Morgan fingerprint density at radius 2 is 1.84 bits per heavy atom. The van der Waals surface area contributed by atoms with Crippen LogP contribution in [0.1, 0.15) is 49.0 Å². The highest BCUT2D eigenvalue weighted by Gasteiger charge is 2.41. The number of benzene rings is 2. The molecule has 0 bridgehead atoms. The summed E-state index contributed by atoms with van der Waals surface area (Å²) in [6, 6.07) is 10.9. The molecule has 0 spiro atoms. The van der Waals surface area contributed by atoms with Gasteiger partial charge in [0.05, 0.1) is 18.6 Å². The molecular weight excluding hydrogens is 401 g/mol. The van der Waals surface area contributed by atoms with Gasteiger partial charge in [0.1, 0.15) is 17.1 Å². The highest BCUT2D eigenvalue weighted by atomic mass is 19.1. The lowest BCUT2D eigenvalue weighted by atomic mass is 9.73. The van der Waals surface area contributed by atoms with Crippen LogP contribution in [0.15, 0.2) is 42.5 Å². The van der Waals surface area contributed by atoms with Gasteiger partial charge in [0, 0.05) is 18.9 Å². The topological polar surface area (TPSA) is 73.9 Å². The summed E-state index contributed by atoms with van der Waals surface area (Å²) >= 11 is 0. The predicted molar refractivity (Wildman–Crippen MR) is 115 cm³/mol. The number of amides is 1. The van der Waals surface area contributed by atoms with Gasteiger partial charge in [-0.05, 0) is 62.1 Å². The molecule has 1 amide bonds. The zero-order valence-electron chi connectivity index (χ0n) is 18.1. The summed E-state index contributed by atoms with van der Waals surface area (Å²) in [7, 11) is 1.30. The van der Waals surface area contributed by atoms with E-state index in [0.717, 1.165) is 12.0 Å². The van der Waals surface area contributed by atoms with Crippen LogP contribution in [0.4, 0.5) is 10.1 Å². The molecule has 0 aromatic heterocycles. The fourth-order valence-electron chi connectivity index (χ4n) is 3.67. The minimum absolute atomic E-state index is 0.0761. The van der Waals surface area contributed by atoms with Crippen molar-refractivity contribution in [3.63, 3.8) is 0 Å². The van der Waals surface area contributed by atoms with Gasteiger partial charge in [-0.15, -0.1) is 0 Å². The van der Waals surface area contributed by atoms with Gasteiger partial charge in [-0.2, -0.15) is 0 Å². The smallest absolute Gasteiger partial charge is 0.341 e. The van der Waals surface area contributed by atoms with Crippen molar-refractivity contribution in [3.05, 3.63) is 59.4 Å². The molecule has 166 valence electrons. The molecule has 0 radical (unpaired) electrons. The summed E-state index contributed by atoms with van der Waals surface area (Å²) in [5.41, 5.74) is 0.585. The number of nitrogens with one attached hydrogen (secondary N) is 1. The van der Waals surface area contributed by atoms with E-state index in [0.29, 0.717) is 37.5 Å². The van der Waals surface area contributed by atoms with Gasteiger partial charge in [-0.3, -0.25) is 4.79 Å². The Morgan fingerprint density at radius 3 is 2.45 bits per heavy atom. The number of carbonyl (C=O) groups excluding carboxylic acids is 2. The van der Waals surface area contributed by atoms with Crippen LogP contribution in [-0.4, -0.2) is 38.3 Å². The van der Waals surface area contributed by atoms with Crippen molar-refractivity contribution >= 4 is 17.6 Å². The van der Waals surface area contributed by atoms with E-state index < -0.39 is 11.4 Å². The van der Waals surface area contributed by atoms with Crippen molar-refractivity contribution in [1.82, 2.24) is 0 Å². The first kappa shape index (κ1) is 22.7. The molecule has 1 saturated heterocycles. The lowest BCUT2D eigenvalue weighted by Crippen LogP contribution is -2.44. The first-order valence-electron chi connectivity index (χ1n) is 10.4. The molecule has 1 aliphatic rings. The van der Waals surface area contributed by atoms with Crippen LogP contribution in [0.2, 0.25) is 0 Å². The molecular formula is C24H28FNO5. The van der Waals surface area contributed by atoms with E-state index in [-0.39, 0.29) is 23.4 Å². The number of ether oxygens (including phenoxy) is 3. The van der Waals surface area contributed by atoms with Crippen LogP contribution in [0.5, 0.6) is 5.75 Å². The van der Waals surface area contributed by atoms with Gasteiger partial charge < -0.3 is 19.5 Å². The first-order chi connectivity index (χ1) is 14.9. The Labute approximate surface area is 181 Å². The second-order valence-corrected chi connectivity index (χ2v) is 7.69. The molecule has 3 rings (SSSR count). The van der Waals surface area contributed by atoms with Crippen molar-refractivity contribution in [3.8, 4) is 5.75 Å². The van der Waals surface area contributed by atoms with Crippen LogP contribution in [0, 0.1) is 5.82 Å². The van der Waals surface area contributed by atoms with Crippen molar-refractivity contribution in [2.45, 2.75) is 44.6 Å². The lowest BCUT2D eigenvalue weighted by molar-refractivity contribution is -0.125. The minimum Gasteiger partial charge on any atom is -0.490 e. The quantitative estimate of drug-likeness (QED) is 0.657. The average Bonchev–Trinajstić information content (AvgIpc) is 2.80. The van der Waals surface area contributed by atoms with E-state index in [1.165, 1.54) is 19.2 Å². The molecule has 7 heteroatoms. The molecule has 31 heavy (non-hydrogen) atoms. The molecule has 1 N–H and O–H groups in total. The van der Waals surface area contributed by atoms with E-state index in [1.807, 2.05) is 13.8 Å². The highest BCUT2D eigenvalue weighted by Crippen LogP contribution is 2.37. The third-order valence-corrected chi connectivity index (χ3v) is 5.72. The fraction of sp³-hybridized carbons (Fsp3) is 0.417. The molecule has 2 aromatic rings. The van der Waals surface area contributed by atoms with E-state index >= 15 is 0 Å². The third kappa shape index (κ3) is 5.05. The van der Waals surface area contributed by atoms with Gasteiger partial charge in [0.15, 0.2) is 0 Å². The van der Waals surface area contributed by atoms with Crippen LogP contribution in [-0.2, 0) is 19.7 Å². The number of esters is 1. The van der Waals surface area contributed by atoms with Gasteiger partial charge in [-0.1, -0.05) is 19.1 Å². The molecule has 2 aromatic carbocycles. The minimum atomic E-state index is -0.844. The van der Waals surface area contributed by atoms with Crippen molar-refractivity contribution in [2.75, 3.05) is 25.6 Å². The summed E-state index contributed by atoms with van der Waals surface area (Å²) in [4.78, 5) is 25.7. The third-order valence-electron chi connectivity index (χ3n) is 5.72. The van der Waals surface area contributed by atoms with Crippen LogP contribution >= 0.6 is 0 Å². The number of hydrogen-bond donors (Lipinski definition) is 1. The maximum absolute atomic E-state index is 13.5. The van der Waals surface area contributed by atoms with Gasteiger partial charge in [0.2, 0.25) is 5.91 Å². The maximum Gasteiger partial charge on any atom is 0.341 e. The van der Waals surface area contributed by atoms with Crippen molar-refractivity contribution in [1.29, 1.82) is 0 Å². The number of anilines is 1. The number of hydrogen-bond acceptors (Lipinski definition) is 5. The summed E-state index contributed by atoms with van der Waals surface area (Å²) in [5.74, 6) is -0.730. The van der Waals surface area contributed by atoms with E-state index in [2.05, 4.69) is 5.32 Å². The van der Waals surface area contributed by atoms with Gasteiger partial charge in [0.25, 0.3) is 0 Å². The summed E-state index contributed by atoms with van der Waals surface area (Å²) in [5, 5.41) is 2.93. The number of halogens is 1. The van der Waals surface area contributed by atoms with Crippen molar-refractivity contribution in [2.24, 2.45) is 0 Å². The predicted octanol–water partition coefficient (Wildman–Crippen LogP) is 4.48. The largest absolute Gasteiger partial charge is 0.490 e. The number of rotatable bonds is 7.